The number of benzene rings is 1. The number of carbonyl (C=O) groups is 1. The fourth-order valence-electron chi connectivity index (χ4n) is 2.18. The summed E-state index contributed by atoms with van der Waals surface area (Å²) in [5, 5.41) is 13.2. The van der Waals surface area contributed by atoms with Crippen LogP contribution in [0.15, 0.2) is 12.1 Å². The fourth-order valence-corrected chi connectivity index (χ4v) is 2.18. The molecule has 1 saturated heterocycles. The van der Waals surface area contributed by atoms with E-state index in [1.807, 2.05) is 0 Å². The molecule has 1 N–H and O–H groups in total. The second-order valence-corrected chi connectivity index (χ2v) is 4.72. The summed E-state index contributed by atoms with van der Waals surface area (Å²) in [7, 11) is 0. The molecule has 0 radical (unpaired) electrons. The zero-order valence-electron chi connectivity index (χ0n) is 11.1. The summed E-state index contributed by atoms with van der Waals surface area (Å²) in [5.74, 6) is -3.47. The van der Waals surface area contributed by atoms with E-state index < -0.39 is 33.7 Å². The molecule has 1 aliphatic rings. The van der Waals surface area contributed by atoms with Crippen LogP contribution in [0.25, 0.3) is 0 Å². The summed E-state index contributed by atoms with van der Waals surface area (Å²) < 4.78 is 31.5. The van der Waals surface area contributed by atoms with Crippen molar-refractivity contribution in [3.05, 3.63) is 39.4 Å². The normalized spacial score (nSPS) is 17.7. The number of nitrogens with one attached hydrogen (secondary N) is 1. The Balaban J connectivity index is 2.03. The first-order valence-electron chi connectivity index (χ1n) is 6.52. The third-order valence-corrected chi connectivity index (χ3v) is 3.26. The van der Waals surface area contributed by atoms with Gasteiger partial charge in [0.15, 0.2) is 11.6 Å². The molecule has 0 aliphatic carbocycles. The number of amides is 1. The van der Waals surface area contributed by atoms with Crippen molar-refractivity contribution in [2.24, 2.45) is 0 Å². The highest BCUT2D eigenvalue weighted by Crippen LogP contribution is 2.22. The molecule has 1 heterocycles. The van der Waals surface area contributed by atoms with E-state index in [-0.39, 0.29) is 12.6 Å². The second kappa shape index (κ2) is 6.57. The molecular weight excluding hydrogens is 286 g/mol. The number of nitro groups is 1. The molecular formula is C13H14F2N2O4. The van der Waals surface area contributed by atoms with Gasteiger partial charge in [-0.25, -0.2) is 8.78 Å². The van der Waals surface area contributed by atoms with Crippen LogP contribution >= 0.6 is 0 Å². The fraction of sp³-hybridized carbons (Fsp3) is 0.462. The molecule has 0 bridgehead atoms. The van der Waals surface area contributed by atoms with Crippen molar-refractivity contribution in [2.75, 3.05) is 13.2 Å². The second-order valence-electron chi connectivity index (χ2n) is 4.72. The van der Waals surface area contributed by atoms with Gasteiger partial charge >= 0.3 is 0 Å². The SMILES string of the molecule is O=C(NCCC1CCCO1)c1cc(F)c(F)cc1[N+](=O)[O-]. The first kappa shape index (κ1) is 15.3. The van der Waals surface area contributed by atoms with Gasteiger partial charge in [0.2, 0.25) is 0 Å². The lowest BCUT2D eigenvalue weighted by atomic mass is 10.1. The average Bonchev–Trinajstić information content (AvgIpc) is 2.94. The van der Waals surface area contributed by atoms with Crippen LogP contribution in [-0.4, -0.2) is 30.1 Å². The van der Waals surface area contributed by atoms with Crippen LogP contribution in [0.2, 0.25) is 0 Å². The predicted octanol–water partition coefficient (Wildman–Crippen LogP) is 2.17. The molecule has 1 aromatic carbocycles. The number of carbonyl (C=O) groups excluding carboxylic acids is 1. The Labute approximate surface area is 119 Å². The third-order valence-electron chi connectivity index (χ3n) is 3.26. The van der Waals surface area contributed by atoms with Crippen LogP contribution in [0.5, 0.6) is 0 Å². The van der Waals surface area contributed by atoms with Gasteiger partial charge in [0.25, 0.3) is 11.6 Å². The number of nitro benzene ring substituents is 1. The van der Waals surface area contributed by atoms with Crippen molar-refractivity contribution < 1.29 is 23.2 Å². The van der Waals surface area contributed by atoms with Gasteiger partial charge in [-0.2, -0.15) is 0 Å². The highest BCUT2D eigenvalue weighted by Gasteiger charge is 2.24. The van der Waals surface area contributed by atoms with E-state index in [4.69, 9.17) is 4.74 Å². The van der Waals surface area contributed by atoms with Crippen molar-refractivity contribution in [3.63, 3.8) is 0 Å². The van der Waals surface area contributed by atoms with E-state index in [1.165, 1.54) is 0 Å². The zero-order valence-corrected chi connectivity index (χ0v) is 11.1. The summed E-state index contributed by atoms with van der Waals surface area (Å²) in [6, 6.07) is 0.944. The summed E-state index contributed by atoms with van der Waals surface area (Å²) in [6.45, 7) is 0.937. The molecule has 0 saturated carbocycles. The topological polar surface area (TPSA) is 81.5 Å². The van der Waals surface area contributed by atoms with Crippen molar-refractivity contribution in [1.82, 2.24) is 5.32 Å². The van der Waals surface area contributed by atoms with Gasteiger partial charge in [-0.15, -0.1) is 0 Å². The van der Waals surface area contributed by atoms with Gasteiger partial charge in [-0.05, 0) is 25.3 Å². The maximum Gasteiger partial charge on any atom is 0.285 e. The molecule has 6 nitrogen and oxygen atoms in total. The largest absolute Gasteiger partial charge is 0.378 e. The maximum atomic E-state index is 13.2. The van der Waals surface area contributed by atoms with E-state index in [1.54, 1.807) is 0 Å². The third kappa shape index (κ3) is 3.72. The van der Waals surface area contributed by atoms with Gasteiger partial charge in [-0.3, -0.25) is 14.9 Å². The smallest absolute Gasteiger partial charge is 0.285 e. The lowest BCUT2D eigenvalue weighted by molar-refractivity contribution is -0.385. The summed E-state index contributed by atoms with van der Waals surface area (Å²) in [4.78, 5) is 21.7. The van der Waals surface area contributed by atoms with Gasteiger partial charge < -0.3 is 10.1 Å². The first-order valence-corrected chi connectivity index (χ1v) is 6.52. The predicted molar refractivity (Wildman–Crippen MR) is 68.9 cm³/mol. The standard InChI is InChI=1S/C13H14F2N2O4/c14-10-6-9(12(17(19)20)7-11(10)15)13(18)16-4-3-8-2-1-5-21-8/h6-8H,1-5H2,(H,16,18). The van der Waals surface area contributed by atoms with Gasteiger partial charge in [0.1, 0.15) is 5.56 Å². The minimum Gasteiger partial charge on any atom is -0.378 e. The maximum absolute atomic E-state index is 13.2. The van der Waals surface area contributed by atoms with E-state index in [9.17, 15) is 23.7 Å². The number of nitrogens with zero attached hydrogens (tertiary/aromatic N) is 1. The zero-order chi connectivity index (χ0) is 15.4. The summed E-state index contributed by atoms with van der Waals surface area (Å²) >= 11 is 0. The molecule has 0 spiro atoms. The van der Waals surface area contributed by atoms with E-state index in [0.29, 0.717) is 25.2 Å². The minimum absolute atomic E-state index is 0.0604. The highest BCUT2D eigenvalue weighted by molar-refractivity contribution is 5.98. The quantitative estimate of drug-likeness (QED) is 0.667. The van der Waals surface area contributed by atoms with Gasteiger partial charge in [0, 0.05) is 13.2 Å². The number of ether oxygens (including phenoxy) is 1. The number of rotatable bonds is 5. The molecule has 1 atom stereocenters. The van der Waals surface area contributed by atoms with Crippen LogP contribution in [0.3, 0.4) is 0 Å². The summed E-state index contributed by atoms with van der Waals surface area (Å²) in [5.41, 5.74) is -1.25. The Kier molecular flexibility index (Phi) is 4.79. The first-order chi connectivity index (χ1) is 9.99. The summed E-state index contributed by atoms with van der Waals surface area (Å²) in [6.07, 6.45) is 2.50. The van der Waals surface area contributed by atoms with E-state index in [2.05, 4.69) is 5.32 Å². The Morgan fingerprint density at radius 3 is 2.76 bits per heavy atom. The lowest BCUT2D eigenvalue weighted by Gasteiger charge is -2.10. The van der Waals surface area contributed by atoms with E-state index in [0.717, 1.165) is 12.8 Å². The molecule has 2 rings (SSSR count). The lowest BCUT2D eigenvalue weighted by Crippen LogP contribution is -2.27. The molecule has 0 aromatic heterocycles. The Bertz CT molecular complexity index is 559. The average molecular weight is 300 g/mol. The number of hydrogen-bond acceptors (Lipinski definition) is 4. The van der Waals surface area contributed by atoms with Gasteiger partial charge in [0.05, 0.1) is 17.1 Å². The number of hydrogen-bond donors (Lipinski definition) is 1. The van der Waals surface area contributed by atoms with Crippen molar-refractivity contribution in [2.45, 2.75) is 25.4 Å². The van der Waals surface area contributed by atoms with Crippen LogP contribution in [-0.2, 0) is 4.74 Å². The number of halogens is 2. The van der Waals surface area contributed by atoms with Crippen LogP contribution in [0.4, 0.5) is 14.5 Å². The molecule has 114 valence electrons. The monoisotopic (exact) mass is 300 g/mol. The molecule has 1 unspecified atom stereocenters. The van der Waals surface area contributed by atoms with Crippen LogP contribution < -0.4 is 5.32 Å². The van der Waals surface area contributed by atoms with Crippen LogP contribution in [0.1, 0.15) is 29.6 Å². The van der Waals surface area contributed by atoms with Crippen molar-refractivity contribution in [1.29, 1.82) is 0 Å². The van der Waals surface area contributed by atoms with E-state index >= 15 is 0 Å². The van der Waals surface area contributed by atoms with Crippen molar-refractivity contribution >= 4 is 11.6 Å². The highest BCUT2D eigenvalue weighted by atomic mass is 19.2. The molecule has 1 amide bonds. The molecule has 1 aromatic rings. The Hall–Kier alpha value is -2.09. The van der Waals surface area contributed by atoms with Crippen LogP contribution in [0, 0.1) is 21.7 Å². The minimum atomic E-state index is -1.36. The Morgan fingerprint density at radius 2 is 2.14 bits per heavy atom. The van der Waals surface area contributed by atoms with Gasteiger partial charge in [-0.1, -0.05) is 0 Å². The molecule has 1 fully saturated rings. The Morgan fingerprint density at radius 1 is 1.43 bits per heavy atom. The van der Waals surface area contributed by atoms with Crippen molar-refractivity contribution in [3.8, 4) is 0 Å². The molecule has 1 aliphatic heterocycles. The molecule has 8 heteroatoms. The molecule has 21 heavy (non-hydrogen) atoms.